The second-order valence-electron chi connectivity index (χ2n) is 3.98. The van der Waals surface area contributed by atoms with Gasteiger partial charge in [0.2, 0.25) is 11.8 Å². The molecule has 98 valence electrons. The predicted molar refractivity (Wildman–Crippen MR) is 67.3 cm³/mol. The maximum atomic E-state index is 11.4. The predicted octanol–water partition coefficient (Wildman–Crippen LogP) is 1.35. The number of nitrogens with one attached hydrogen (secondary N) is 1. The molecule has 7 nitrogen and oxygen atoms in total. The fourth-order valence-corrected chi connectivity index (χ4v) is 1.84. The lowest BCUT2D eigenvalue weighted by molar-refractivity contribution is -0.114. The number of rotatable bonds is 2. The summed E-state index contributed by atoms with van der Waals surface area (Å²) >= 11 is 0. The van der Waals surface area contributed by atoms with Crippen molar-refractivity contribution < 1.29 is 19.5 Å². The summed E-state index contributed by atoms with van der Waals surface area (Å²) in [6.07, 6.45) is 1.36. The first-order chi connectivity index (χ1) is 8.91. The van der Waals surface area contributed by atoms with E-state index < -0.39 is 11.9 Å². The number of carbonyl (C=O) groups excluding carboxylic acids is 2. The maximum Gasteiger partial charge on any atom is 0.337 e. The third-order valence-electron chi connectivity index (χ3n) is 2.58. The highest BCUT2D eigenvalue weighted by molar-refractivity contribution is 6.10. The van der Waals surface area contributed by atoms with Crippen LogP contribution in [-0.4, -0.2) is 32.7 Å². The van der Waals surface area contributed by atoms with Gasteiger partial charge in [-0.1, -0.05) is 0 Å². The lowest BCUT2D eigenvalue weighted by Gasteiger charge is -2.08. The van der Waals surface area contributed by atoms with Gasteiger partial charge in [-0.2, -0.15) is 5.10 Å². The molecule has 0 saturated carbocycles. The Morgan fingerprint density at radius 3 is 2.47 bits per heavy atom. The van der Waals surface area contributed by atoms with Crippen LogP contribution in [-0.2, 0) is 4.79 Å². The highest BCUT2D eigenvalue weighted by Gasteiger charge is 2.18. The van der Waals surface area contributed by atoms with Crippen LogP contribution in [0.15, 0.2) is 18.3 Å². The maximum absolute atomic E-state index is 11.4. The van der Waals surface area contributed by atoms with E-state index in [2.05, 4.69) is 10.4 Å². The van der Waals surface area contributed by atoms with E-state index in [0.717, 1.165) is 4.68 Å². The molecule has 0 bridgehead atoms. The Kier molecular flexibility index (Phi) is 3.04. The zero-order valence-electron chi connectivity index (χ0n) is 10.3. The zero-order chi connectivity index (χ0) is 14.2. The molecule has 0 unspecified atom stereocenters. The second-order valence-corrected chi connectivity index (χ2v) is 3.98. The quantitative estimate of drug-likeness (QED) is 0.849. The van der Waals surface area contributed by atoms with Gasteiger partial charge >= 0.3 is 5.97 Å². The van der Waals surface area contributed by atoms with Crippen LogP contribution in [0.3, 0.4) is 0 Å². The fraction of sp³-hybridized carbons (Fsp3) is 0.167. The van der Waals surface area contributed by atoms with E-state index in [-0.39, 0.29) is 17.2 Å². The third kappa shape index (κ3) is 2.17. The molecule has 1 amide bonds. The molecule has 1 aromatic heterocycles. The number of hydrogen-bond donors (Lipinski definition) is 2. The Bertz CT molecular complexity index is 702. The molecule has 0 radical (unpaired) electrons. The van der Waals surface area contributed by atoms with Crippen molar-refractivity contribution in [3.63, 3.8) is 0 Å². The summed E-state index contributed by atoms with van der Waals surface area (Å²) in [7, 11) is 0. The number of aromatic nitrogens is 2. The molecule has 2 rings (SSSR count). The monoisotopic (exact) mass is 261 g/mol. The van der Waals surface area contributed by atoms with Gasteiger partial charge in [0.25, 0.3) is 0 Å². The molecule has 0 atom stereocenters. The standard InChI is InChI=1S/C12H11N3O4/c1-6(16)14-11-8(12(18)19)3-4-10-9(11)5-13-15(10)7(2)17/h3-5H,1-2H3,(H,14,16)(H,18,19). The number of anilines is 1. The van der Waals surface area contributed by atoms with Crippen molar-refractivity contribution >= 4 is 34.4 Å². The number of carbonyl (C=O) groups is 3. The topological polar surface area (TPSA) is 101 Å². The van der Waals surface area contributed by atoms with Crippen LogP contribution in [0.25, 0.3) is 10.9 Å². The van der Waals surface area contributed by atoms with E-state index in [4.69, 9.17) is 5.11 Å². The normalized spacial score (nSPS) is 10.4. The molecule has 2 N–H and O–H groups in total. The SMILES string of the molecule is CC(=O)Nc1c(C(=O)O)ccc2c1cnn2C(C)=O. The number of benzene rings is 1. The van der Waals surface area contributed by atoms with Gasteiger partial charge in [-0.05, 0) is 12.1 Å². The zero-order valence-corrected chi connectivity index (χ0v) is 10.3. The van der Waals surface area contributed by atoms with Gasteiger partial charge in [0.1, 0.15) is 0 Å². The number of carboxylic acid groups (broad SMARTS) is 1. The van der Waals surface area contributed by atoms with Crippen LogP contribution in [0.2, 0.25) is 0 Å². The summed E-state index contributed by atoms with van der Waals surface area (Å²) in [5.41, 5.74) is 0.539. The van der Waals surface area contributed by atoms with Gasteiger partial charge in [0.05, 0.1) is 23.0 Å². The average molecular weight is 261 g/mol. The van der Waals surface area contributed by atoms with E-state index in [1.165, 1.54) is 32.2 Å². The lowest BCUT2D eigenvalue weighted by atomic mass is 10.1. The Hall–Kier alpha value is -2.70. The molecular weight excluding hydrogens is 250 g/mol. The van der Waals surface area contributed by atoms with Crippen molar-refractivity contribution in [2.75, 3.05) is 5.32 Å². The second kappa shape index (κ2) is 4.52. The van der Waals surface area contributed by atoms with Crippen LogP contribution < -0.4 is 5.32 Å². The minimum atomic E-state index is -1.17. The molecule has 0 saturated heterocycles. The molecule has 0 aliphatic carbocycles. The van der Waals surface area contributed by atoms with E-state index in [0.29, 0.717) is 10.9 Å². The summed E-state index contributed by atoms with van der Waals surface area (Å²) in [4.78, 5) is 33.7. The van der Waals surface area contributed by atoms with Crippen molar-refractivity contribution in [3.05, 3.63) is 23.9 Å². The summed E-state index contributed by atoms with van der Waals surface area (Å²) in [6, 6.07) is 2.82. The molecule has 0 spiro atoms. The first kappa shape index (κ1) is 12.7. The number of nitrogens with zero attached hydrogens (tertiary/aromatic N) is 2. The smallest absolute Gasteiger partial charge is 0.337 e. The number of fused-ring (bicyclic) bond motifs is 1. The van der Waals surface area contributed by atoms with E-state index in [1.807, 2.05) is 0 Å². The molecule has 0 aliphatic heterocycles. The summed E-state index contributed by atoms with van der Waals surface area (Å²) < 4.78 is 1.15. The van der Waals surface area contributed by atoms with Gasteiger partial charge in [0.15, 0.2) is 0 Å². The summed E-state index contributed by atoms with van der Waals surface area (Å²) in [5, 5.41) is 15.9. The van der Waals surface area contributed by atoms with Crippen molar-refractivity contribution in [1.82, 2.24) is 9.78 Å². The molecule has 19 heavy (non-hydrogen) atoms. The number of amides is 1. The highest BCUT2D eigenvalue weighted by atomic mass is 16.4. The van der Waals surface area contributed by atoms with E-state index in [9.17, 15) is 14.4 Å². The Balaban J connectivity index is 2.77. The van der Waals surface area contributed by atoms with Gasteiger partial charge in [-0.3, -0.25) is 9.59 Å². The van der Waals surface area contributed by atoms with Gasteiger partial charge < -0.3 is 10.4 Å². The summed E-state index contributed by atoms with van der Waals surface area (Å²) in [5.74, 6) is -1.86. The third-order valence-corrected chi connectivity index (χ3v) is 2.58. The first-order valence-electron chi connectivity index (χ1n) is 5.44. The minimum absolute atomic E-state index is 0.0502. The molecule has 0 fully saturated rings. The first-order valence-corrected chi connectivity index (χ1v) is 5.44. The van der Waals surface area contributed by atoms with Gasteiger partial charge in [-0.25, -0.2) is 9.48 Å². The van der Waals surface area contributed by atoms with Crippen molar-refractivity contribution in [3.8, 4) is 0 Å². The number of aromatic carboxylic acids is 1. The molecule has 1 aromatic carbocycles. The Morgan fingerprint density at radius 1 is 1.26 bits per heavy atom. The molecule has 0 aliphatic rings. The molecule has 1 heterocycles. The van der Waals surface area contributed by atoms with Gasteiger partial charge in [0, 0.05) is 19.2 Å². The number of hydrogen-bond acceptors (Lipinski definition) is 4. The van der Waals surface area contributed by atoms with Crippen LogP contribution >= 0.6 is 0 Å². The van der Waals surface area contributed by atoms with Crippen molar-refractivity contribution in [2.24, 2.45) is 0 Å². The van der Waals surface area contributed by atoms with E-state index in [1.54, 1.807) is 0 Å². The summed E-state index contributed by atoms with van der Waals surface area (Å²) in [6.45, 7) is 2.62. The fourth-order valence-electron chi connectivity index (χ4n) is 1.84. The average Bonchev–Trinajstić information content (AvgIpc) is 2.72. The van der Waals surface area contributed by atoms with E-state index >= 15 is 0 Å². The van der Waals surface area contributed by atoms with Gasteiger partial charge in [-0.15, -0.1) is 0 Å². The van der Waals surface area contributed by atoms with Crippen LogP contribution in [0.4, 0.5) is 5.69 Å². The molecule has 7 heteroatoms. The highest BCUT2D eigenvalue weighted by Crippen LogP contribution is 2.27. The Labute approximate surface area is 107 Å². The molecule has 2 aromatic rings. The molecular formula is C12H11N3O4. The lowest BCUT2D eigenvalue weighted by Crippen LogP contribution is -2.12. The minimum Gasteiger partial charge on any atom is -0.478 e. The van der Waals surface area contributed by atoms with Crippen LogP contribution in [0.1, 0.15) is 29.0 Å². The number of carboxylic acids is 1. The van der Waals surface area contributed by atoms with Crippen molar-refractivity contribution in [1.29, 1.82) is 0 Å². The Morgan fingerprint density at radius 2 is 1.95 bits per heavy atom. The van der Waals surface area contributed by atoms with Crippen molar-refractivity contribution in [2.45, 2.75) is 13.8 Å². The van der Waals surface area contributed by atoms with Crippen LogP contribution in [0.5, 0.6) is 0 Å². The van der Waals surface area contributed by atoms with Crippen LogP contribution in [0, 0.1) is 0 Å². The largest absolute Gasteiger partial charge is 0.478 e.